The maximum absolute atomic E-state index is 4.99. The lowest BCUT2D eigenvalue weighted by Crippen LogP contribution is -2.10. The Labute approximate surface area is 167 Å². The molecular formula is C25H27N3. The molecule has 1 atom stereocenters. The summed E-state index contributed by atoms with van der Waals surface area (Å²) in [6.07, 6.45) is 2.97. The molecule has 4 aromatic rings. The summed E-state index contributed by atoms with van der Waals surface area (Å²) in [7, 11) is 0. The van der Waals surface area contributed by atoms with Gasteiger partial charge in [-0.15, -0.1) is 0 Å². The first-order chi connectivity index (χ1) is 13.6. The van der Waals surface area contributed by atoms with Crippen LogP contribution in [0.2, 0.25) is 0 Å². The standard InChI is InChI=1S/C25H27N3/c1-18(2)16-20-11-13-21(14-12-20)19(3)25-27-23-9-4-5-10-24(23)28(25)17-22-8-6-7-15-26-22/h4-15,18-19H,16-17H2,1-3H3. The molecule has 0 bridgehead atoms. The SMILES string of the molecule is CC(C)Cc1ccc(C(C)c2nc3ccccc3n2Cc2ccccn2)cc1. The van der Waals surface area contributed by atoms with Crippen molar-refractivity contribution < 1.29 is 0 Å². The highest BCUT2D eigenvalue weighted by atomic mass is 15.1. The quantitative estimate of drug-likeness (QED) is 0.428. The second-order valence-corrected chi connectivity index (χ2v) is 7.93. The molecule has 0 spiro atoms. The third-order valence-electron chi connectivity index (χ3n) is 5.24. The van der Waals surface area contributed by atoms with Gasteiger partial charge in [-0.25, -0.2) is 4.98 Å². The van der Waals surface area contributed by atoms with Crippen molar-refractivity contribution in [3.8, 4) is 0 Å². The lowest BCUT2D eigenvalue weighted by atomic mass is 9.96. The summed E-state index contributed by atoms with van der Waals surface area (Å²) in [6, 6.07) is 23.5. The molecule has 0 saturated heterocycles. The maximum Gasteiger partial charge on any atom is 0.117 e. The summed E-state index contributed by atoms with van der Waals surface area (Å²) in [5, 5.41) is 0. The van der Waals surface area contributed by atoms with E-state index in [1.807, 2.05) is 18.3 Å². The molecule has 0 saturated carbocycles. The number of hydrogen-bond donors (Lipinski definition) is 0. The fraction of sp³-hybridized carbons (Fsp3) is 0.280. The molecule has 4 rings (SSSR count). The Morgan fingerprint density at radius 1 is 0.857 bits per heavy atom. The number of para-hydroxylation sites is 2. The Balaban J connectivity index is 1.72. The minimum atomic E-state index is 0.212. The van der Waals surface area contributed by atoms with Crippen LogP contribution in [0.25, 0.3) is 11.0 Å². The normalized spacial score (nSPS) is 12.6. The molecule has 0 N–H and O–H groups in total. The third-order valence-corrected chi connectivity index (χ3v) is 5.24. The second-order valence-electron chi connectivity index (χ2n) is 7.93. The summed E-state index contributed by atoms with van der Waals surface area (Å²) >= 11 is 0. The summed E-state index contributed by atoms with van der Waals surface area (Å²) < 4.78 is 2.31. The van der Waals surface area contributed by atoms with Crippen LogP contribution in [0.1, 0.15) is 49.3 Å². The zero-order valence-corrected chi connectivity index (χ0v) is 16.8. The second kappa shape index (κ2) is 7.97. The van der Waals surface area contributed by atoms with Gasteiger partial charge in [-0.3, -0.25) is 4.98 Å². The van der Waals surface area contributed by atoms with E-state index in [0.717, 1.165) is 35.5 Å². The molecule has 2 aromatic heterocycles. The fourth-order valence-electron chi connectivity index (χ4n) is 3.81. The van der Waals surface area contributed by atoms with Gasteiger partial charge >= 0.3 is 0 Å². The number of pyridine rings is 1. The molecule has 2 aromatic carbocycles. The predicted octanol–water partition coefficient (Wildman–Crippen LogP) is 5.83. The predicted molar refractivity (Wildman–Crippen MR) is 116 cm³/mol. The molecule has 28 heavy (non-hydrogen) atoms. The smallest absolute Gasteiger partial charge is 0.117 e. The van der Waals surface area contributed by atoms with Crippen molar-refractivity contribution in [1.82, 2.24) is 14.5 Å². The number of nitrogens with zero attached hydrogens (tertiary/aromatic N) is 3. The number of hydrogen-bond acceptors (Lipinski definition) is 2. The Morgan fingerprint density at radius 3 is 2.32 bits per heavy atom. The van der Waals surface area contributed by atoms with Gasteiger partial charge in [0.2, 0.25) is 0 Å². The van der Waals surface area contributed by atoms with Gasteiger partial charge in [-0.05, 0) is 47.7 Å². The Morgan fingerprint density at radius 2 is 1.61 bits per heavy atom. The summed E-state index contributed by atoms with van der Waals surface area (Å²) in [5.41, 5.74) is 5.94. The highest BCUT2D eigenvalue weighted by molar-refractivity contribution is 5.76. The molecule has 1 unspecified atom stereocenters. The summed E-state index contributed by atoms with van der Waals surface area (Å²) in [5.74, 6) is 1.97. The molecule has 0 amide bonds. The van der Waals surface area contributed by atoms with Gasteiger partial charge in [-0.1, -0.05) is 63.2 Å². The Bertz CT molecular complexity index is 1050. The average molecular weight is 370 g/mol. The van der Waals surface area contributed by atoms with Gasteiger partial charge in [0.1, 0.15) is 5.82 Å². The van der Waals surface area contributed by atoms with Gasteiger partial charge in [0.05, 0.1) is 23.3 Å². The molecule has 0 radical (unpaired) electrons. The monoisotopic (exact) mass is 369 g/mol. The first kappa shape index (κ1) is 18.4. The lowest BCUT2D eigenvalue weighted by molar-refractivity contribution is 0.646. The van der Waals surface area contributed by atoms with E-state index in [1.165, 1.54) is 11.1 Å². The number of aromatic nitrogens is 3. The highest BCUT2D eigenvalue weighted by Gasteiger charge is 2.18. The number of rotatable bonds is 6. The topological polar surface area (TPSA) is 30.7 Å². The average Bonchev–Trinajstić information content (AvgIpc) is 3.07. The van der Waals surface area contributed by atoms with Crippen molar-refractivity contribution in [2.45, 2.75) is 39.7 Å². The fourth-order valence-corrected chi connectivity index (χ4v) is 3.81. The molecule has 142 valence electrons. The van der Waals surface area contributed by atoms with Crippen LogP contribution in [0, 0.1) is 5.92 Å². The number of imidazole rings is 1. The van der Waals surface area contributed by atoms with Crippen LogP contribution in [0.3, 0.4) is 0 Å². The van der Waals surface area contributed by atoms with E-state index < -0.39 is 0 Å². The molecule has 0 fully saturated rings. The van der Waals surface area contributed by atoms with Crippen molar-refractivity contribution in [3.05, 3.63) is 95.6 Å². The van der Waals surface area contributed by atoms with E-state index >= 15 is 0 Å². The van der Waals surface area contributed by atoms with Crippen molar-refractivity contribution in [3.63, 3.8) is 0 Å². The number of benzene rings is 2. The van der Waals surface area contributed by atoms with Crippen molar-refractivity contribution in [2.75, 3.05) is 0 Å². The van der Waals surface area contributed by atoms with Crippen LogP contribution in [-0.4, -0.2) is 14.5 Å². The molecule has 0 aliphatic heterocycles. The molecule has 3 heteroatoms. The minimum absolute atomic E-state index is 0.212. The molecule has 2 heterocycles. The largest absolute Gasteiger partial charge is 0.321 e. The van der Waals surface area contributed by atoms with Crippen LogP contribution in [0.15, 0.2) is 72.9 Å². The van der Waals surface area contributed by atoms with Crippen molar-refractivity contribution >= 4 is 11.0 Å². The van der Waals surface area contributed by atoms with E-state index in [1.54, 1.807) is 0 Å². The summed E-state index contributed by atoms with van der Waals surface area (Å²) in [6.45, 7) is 7.49. The first-order valence-corrected chi connectivity index (χ1v) is 10.1. The van der Waals surface area contributed by atoms with Gasteiger partial charge in [0.15, 0.2) is 0 Å². The van der Waals surface area contributed by atoms with Gasteiger partial charge in [-0.2, -0.15) is 0 Å². The van der Waals surface area contributed by atoms with Crippen molar-refractivity contribution in [2.24, 2.45) is 5.92 Å². The van der Waals surface area contributed by atoms with Crippen LogP contribution >= 0.6 is 0 Å². The number of fused-ring (bicyclic) bond motifs is 1. The molecule has 0 aliphatic rings. The van der Waals surface area contributed by atoms with Gasteiger partial charge in [0, 0.05) is 12.1 Å². The van der Waals surface area contributed by atoms with E-state index in [-0.39, 0.29) is 5.92 Å². The van der Waals surface area contributed by atoms with E-state index in [0.29, 0.717) is 5.92 Å². The van der Waals surface area contributed by atoms with Crippen LogP contribution in [0.4, 0.5) is 0 Å². The summed E-state index contributed by atoms with van der Waals surface area (Å²) in [4.78, 5) is 9.52. The van der Waals surface area contributed by atoms with Crippen LogP contribution in [0.5, 0.6) is 0 Å². The minimum Gasteiger partial charge on any atom is -0.321 e. The van der Waals surface area contributed by atoms with Crippen molar-refractivity contribution in [1.29, 1.82) is 0 Å². The zero-order valence-electron chi connectivity index (χ0n) is 16.8. The van der Waals surface area contributed by atoms with Gasteiger partial charge in [0.25, 0.3) is 0 Å². The first-order valence-electron chi connectivity index (χ1n) is 10.1. The zero-order chi connectivity index (χ0) is 19.5. The molecule has 3 nitrogen and oxygen atoms in total. The Kier molecular flexibility index (Phi) is 5.25. The van der Waals surface area contributed by atoms with E-state index in [4.69, 9.17) is 4.98 Å². The Hall–Kier alpha value is -2.94. The molecule has 0 aliphatic carbocycles. The van der Waals surface area contributed by atoms with Gasteiger partial charge < -0.3 is 4.57 Å². The van der Waals surface area contributed by atoms with Crippen LogP contribution < -0.4 is 0 Å². The third kappa shape index (κ3) is 3.84. The highest BCUT2D eigenvalue weighted by Crippen LogP contribution is 2.28. The van der Waals surface area contributed by atoms with E-state index in [9.17, 15) is 0 Å². The van der Waals surface area contributed by atoms with E-state index in [2.05, 4.69) is 84.9 Å². The molecular weight excluding hydrogens is 342 g/mol. The maximum atomic E-state index is 4.99. The van der Waals surface area contributed by atoms with Crippen LogP contribution in [-0.2, 0) is 13.0 Å². The lowest BCUT2D eigenvalue weighted by Gasteiger charge is -2.16.